The SMILES string of the molecule is Cc1nc(Cn2cnc3cc([N+](=O)[O-])ccc3c2=O)cs1. The van der Waals surface area contributed by atoms with Crippen LogP contribution in [-0.4, -0.2) is 19.5 Å². The van der Waals surface area contributed by atoms with E-state index in [0.29, 0.717) is 17.4 Å². The molecule has 0 atom stereocenters. The van der Waals surface area contributed by atoms with Crippen LogP contribution in [0.15, 0.2) is 34.7 Å². The van der Waals surface area contributed by atoms with Crippen LogP contribution in [0.1, 0.15) is 10.7 Å². The van der Waals surface area contributed by atoms with Crippen molar-refractivity contribution in [1.29, 1.82) is 0 Å². The van der Waals surface area contributed by atoms with E-state index in [0.717, 1.165) is 10.7 Å². The van der Waals surface area contributed by atoms with Crippen LogP contribution in [0.2, 0.25) is 0 Å². The third-order valence-electron chi connectivity index (χ3n) is 3.02. The van der Waals surface area contributed by atoms with E-state index in [1.807, 2.05) is 12.3 Å². The third-order valence-corrected chi connectivity index (χ3v) is 3.84. The van der Waals surface area contributed by atoms with Gasteiger partial charge in [-0.05, 0) is 13.0 Å². The Bertz CT molecular complexity index is 900. The smallest absolute Gasteiger partial charge is 0.271 e. The minimum atomic E-state index is -0.509. The van der Waals surface area contributed by atoms with Gasteiger partial charge in [0.25, 0.3) is 11.2 Å². The Morgan fingerprint density at radius 2 is 2.24 bits per heavy atom. The summed E-state index contributed by atoms with van der Waals surface area (Å²) in [6.07, 6.45) is 1.39. The predicted molar refractivity (Wildman–Crippen MR) is 78.6 cm³/mol. The Labute approximate surface area is 122 Å². The highest BCUT2D eigenvalue weighted by atomic mass is 32.1. The summed E-state index contributed by atoms with van der Waals surface area (Å²) >= 11 is 1.52. The van der Waals surface area contributed by atoms with Crippen molar-refractivity contribution in [3.63, 3.8) is 0 Å². The van der Waals surface area contributed by atoms with Crippen molar-refractivity contribution < 1.29 is 4.92 Å². The normalized spacial score (nSPS) is 10.9. The number of aromatic nitrogens is 3. The van der Waals surface area contributed by atoms with E-state index < -0.39 is 4.92 Å². The van der Waals surface area contributed by atoms with E-state index in [4.69, 9.17) is 0 Å². The third kappa shape index (κ3) is 2.52. The molecule has 0 aliphatic rings. The first-order valence-electron chi connectivity index (χ1n) is 6.09. The van der Waals surface area contributed by atoms with Crippen molar-refractivity contribution in [2.45, 2.75) is 13.5 Å². The zero-order valence-corrected chi connectivity index (χ0v) is 11.8. The van der Waals surface area contributed by atoms with Crippen molar-refractivity contribution in [3.8, 4) is 0 Å². The average Bonchev–Trinajstić information content (AvgIpc) is 2.87. The van der Waals surface area contributed by atoms with Gasteiger partial charge in [-0.15, -0.1) is 11.3 Å². The van der Waals surface area contributed by atoms with Crippen LogP contribution in [0.25, 0.3) is 10.9 Å². The van der Waals surface area contributed by atoms with Gasteiger partial charge >= 0.3 is 0 Å². The number of hydrogen-bond acceptors (Lipinski definition) is 6. The van der Waals surface area contributed by atoms with Gasteiger partial charge < -0.3 is 0 Å². The quantitative estimate of drug-likeness (QED) is 0.546. The summed E-state index contributed by atoms with van der Waals surface area (Å²) in [6, 6.07) is 4.04. The van der Waals surface area contributed by atoms with Crippen LogP contribution < -0.4 is 5.56 Å². The molecule has 0 amide bonds. The number of hydrogen-bond donors (Lipinski definition) is 0. The molecule has 3 rings (SSSR count). The molecule has 0 saturated carbocycles. The molecule has 106 valence electrons. The maximum Gasteiger partial charge on any atom is 0.271 e. The first-order chi connectivity index (χ1) is 10.0. The minimum absolute atomic E-state index is 0.0812. The first kappa shape index (κ1) is 13.4. The van der Waals surface area contributed by atoms with Crippen molar-refractivity contribution in [1.82, 2.24) is 14.5 Å². The predicted octanol–water partition coefficient (Wildman–Crippen LogP) is 2.12. The van der Waals surface area contributed by atoms with Gasteiger partial charge in [-0.3, -0.25) is 19.5 Å². The molecular weight excluding hydrogens is 292 g/mol. The fourth-order valence-electron chi connectivity index (χ4n) is 2.03. The molecule has 0 N–H and O–H groups in total. The molecule has 2 aromatic heterocycles. The molecule has 8 heteroatoms. The summed E-state index contributed by atoms with van der Waals surface area (Å²) in [6.45, 7) is 2.23. The summed E-state index contributed by atoms with van der Waals surface area (Å²) in [4.78, 5) is 31.0. The number of thiazole rings is 1. The van der Waals surface area contributed by atoms with Crippen molar-refractivity contribution in [2.24, 2.45) is 0 Å². The van der Waals surface area contributed by atoms with Gasteiger partial charge in [0.05, 0.1) is 39.4 Å². The Morgan fingerprint density at radius 1 is 1.43 bits per heavy atom. The summed E-state index contributed by atoms with van der Waals surface area (Å²) in [5.74, 6) is 0. The molecule has 0 aliphatic carbocycles. The fourth-order valence-corrected chi connectivity index (χ4v) is 2.63. The number of aryl methyl sites for hydroxylation is 1. The summed E-state index contributed by atoms with van der Waals surface area (Å²) in [5.41, 5.74) is 0.797. The zero-order valence-electron chi connectivity index (χ0n) is 11.0. The molecular formula is C13H10N4O3S. The monoisotopic (exact) mass is 302 g/mol. The zero-order chi connectivity index (χ0) is 15.0. The van der Waals surface area contributed by atoms with Crippen LogP contribution in [-0.2, 0) is 6.54 Å². The lowest BCUT2D eigenvalue weighted by Gasteiger charge is -2.04. The van der Waals surface area contributed by atoms with Gasteiger partial charge in [-0.2, -0.15) is 0 Å². The van der Waals surface area contributed by atoms with E-state index in [9.17, 15) is 14.9 Å². The molecule has 7 nitrogen and oxygen atoms in total. The molecule has 0 radical (unpaired) electrons. The Morgan fingerprint density at radius 3 is 2.90 bits per heavy atom. The van der Waals surface area contributed by atoms with Crippen LogP contribution in [0.5, 0.6) is 0 Å². The summed E-state index contributed by atoms with van der Waals surface area (Å²) in [5, 5.41) is 13.9. The number of benzene rings is 1. The van der Waals surface area contributed by atoms with Gasteiger partial charge in [-0.1, -0.05) is 0 Å². The molecule has 0 spiro atoms. The van der Waals surface area contributed by atoms with Gasteiger partial charge in [0, 0.05) is 17.5 Å². The molecule has 0 fully saturated rings. The summed E-state index contributed by atoms with van der Waals surface area (Å²) < 4.78 is 1.45. The topological polar surface area (TPSA) is 90.9 Å². The molecule has 21 heavy (non-hydrogen) atoms. The van der Waals surface area contributed by atoms with Crippen molar-refractivity contribution >= 4 is 27.9 Å². The number of non-ortho nitro benzene ring substituents is 1. The fraction of sp³-hybridized carbons (Fsp3) is 0.154. The number of nitro benzene ring substituents is 1. The number of rotatable bonds is 3. The molecule has 0 unspecified atom stereocenters. The molecule has 3 aromatic rings. The van der Waals surface area contributed by atoms with E-state index in [1.54, 1.807) is 0 Å². The van der Waals surface area contributed by atoms with E-state index in [1.165, 1.54) is 40.4 Å². The highest BCUT2D eigenvalue weighted by Crippen LogP contribution is 2.16. The lowest BCUT2D eigenvalue weighted by molar-refractivity contribution is -0.384. The standard InChI is InChI=1S/C13H10N4O3S/c1-8-15-9(6-21-8)5-16-7-14-12-4-10(17(19)20)2-3-11(12)13(16)18/h2-4,6-7H,5H2,1H3. The Hall–Kier alpha value is -2.61. The Balaban J connectivity index is 2.06. The lowest BCUT2D eigenvalue weighted by atomic mass is 10.2. The highest BCUT2D eigenvalue weighted by Gasteiger charge is 2.11. The van der Waals surface area contributed by atoms with Crippen LogP contribution in [0.4, 0.5) is 5.69 Å². The number of nitrogens with zero attached hydrogens (tertiary/aromatic N) is 4. The molecule has 0 saturated heterocycles. The van der Waals surface area contributed by atoms with Crippen LogP contribution >= 0.6 is 11.3 Å². The second-order valence-electron chi connectivity index (χ2n) is 4.49. The number of fused-ring (bicyclic) bond motifs is 1. The second-order valence-corrected chi connectivity index (χ2v) is 5.56. The van der Waals surface area contributed by atoms with Gasteiger partial charge in [0.1, 0.15) is 0 Å². The van der Waals surface area contributed by atoms with Crippen LogP contribution in [0.3, 0.4) is 0 Å². The molecule has 0 aliphatic heterocycles. The van der Waals surface area contributed by atoms with E-state index >= 15 is 0 Å². The molecule has 2 heterocycles. The van der Waals surface area contributed by atoms with E-state index in [-0.39, 0.29) is 11.2 Å². The Kier molecular flexibility index (Phi) is 3.22. The first-order valence-corrected chi connectivity index (χ1v) is 6.97. The van der Waals surface area contributed by atoms with Crippen LogP contribution in [0, 0.1) is 17.0 Å². The van der Waals surface area contributed by atoms with Gasteiger partial charge in [0.15, 0.2) is 0 Å². The molecule has 1 aromatic carbocycles. The average molecular weight is 302 g/mol. The van der Waals surface area contributed by atoms with Crippen molar-refractivity contribution in [3.05, 3.63) is 61.1 Å². The molecule has 0 bridgehead atoms. The maximum atomic E-state index is 12.3. The minimum Gasteiger partial charge on any atom is -0.293 e. The highest BCUT2D eigenvalue weighted by molar-refractivity contribution is 7.09. The lowest BCUT2D eigenvalue weighted by Crippen LogP contribution is -2.21. The number of nitro groups is 1. The van der Waals surface area contributed by atoms with E-state index in [2.05, 4.69) is 9.97 Å². The van der Waals surface area contributed by atoms with Gasteiger partial charge in [-0.25, -0.2) is 9.97 Å². The largest absolute Gasteiger partial charge is 0.293 e. The van der Waals surface area contributed by atoms with Gasteiger partial charge in [0.2, 0.25) is 0 Å². The van der Waals surface area contributed by atoms with Crippen molar-refractivity contribution in [2.75, 3.05) is 0 Å². The second kappa shape index (κ2) is 5.06. The maximum absolute atomic E-state index is 12.3. The summed E-state index contributed by atoms with van der Waals surface area (Å²) in [7, 11) is 0.